The molecule has 0 atom stereocenters. The number of nitrogens with one attached hydrogen (secondary N) is 3. The topological polar surface area (TPSA) is 217 Å². The largest absolute Gasteiger partial charge is 0.354 e. The molecule has 1 aliphatic carbocycles. The van der Waals surface area contributed by atoms with Gasteiger partial charge in [-0.1, -0.05) is 54.6 Å². The number of aromatic nitrogens is 1. The number of H-pyrrole nitrogens is 1. The first kappa shape index (κ1) is 30.5. The Bertz CT molecular complexity index is 2450. The van der Waals surface area contributed by atoms with E-state index < -0.39 is 64.4 Å². The van der Waals surface area contributed by atoms with Gasteiger partial charge in [0, 0.05) is 34.5 Å². The number of ketones is 2. The molecular weight excluding hydrogens is 638 g/mol. The van der Waals surface area contributed by atoms with Crippen molar-refractivity contribution in [3.05, 3.63) is 111 Å². The van der Waals surface area contributed by atoms with Crippen LogP contribution in [0.15, 0.2) is 93.4 Å². The van der Waals surface area contributed by atoms with Crippen LogP contribution >= 0.6 is 0 Å². The van der Waals surface area contributed by atoms with Crippen LogP contribution in [-0.4, -0.2) is 48.4 Å². The van der Waals surface area contributed by atoms with Crippen molar-refractivity contribution in [2.24, 2.45) is 0 Å². The van der Waals surface area contributed by atoms with Crippen LogP contribution in [0.25, 0.3) is 22.0 Å². The van der Waals surface area contributed by atoms with E-state index in [0.29, 0.717) is 11.6 Å². The maximum Gasteiger partial charge on any atom is 0.296 e. The van der Waals surface area contributed by atoms with Gasteiger partial charge in [0.05, 0.1) is 28.2 Å². The molecule has 0 fully saturated rings. The van der Waals surface area contributed by atoms with Crippen molar-refractivity contribution in [2.45, 2.75) is 16.7 Å². The fourth-order valence-corrected chi connectivity index (χ4v) is 6.89. The van der Waals surface area contributed by atoms with Crippen LogP contribution in [0, 0.1) is 0 Å². The summed E-state index contributed by atoms with van der Waals surface area (Å²) in [6, 6.07) is 18.4. The third-order valence-corrected chi connectivity index (χ3v) is 9.12. The van der Waals surface area contributed by atoms with Crippen LogP contribution in [0.2, 0.25) is 0 Å². The minimum absolute atomic E-state index is 0.0586. The number of aromatic amines is 1. The zero-order valence-corrected chi connectivity index (χ0v) is 25.1. The van der Waals surface area contributed by atoms with Crippen LogP contribution in [0.4, 0.5) is 17.1 Å². The second-order valence-corrected chi connectivity index (χ2v) is 13.1. The Morgan fingerprint density at radius 2 is 1.33 bits per heavy atom. The molecule has 0 bridgehead atoms. The molecule has 0 spiro atoms. The monoisotopic (exact) mass is 659 g/mol. The number of carbonyl (C=O) groups is 3. The summed E-state index contributed by atoms with van der Waals surface area (Å²) in [5, 5.41) is 5.09. The van der Waals surface area contributed by atoms with Gasteiger partial charge in [0.1, 0.15) is 9.79 Å². The molecule has 0 radical (unpaired) electrons. The van der Waals surface area contributed by atoms with Crippen molar-refractivity contribution in [1.82, 2.24) is 4.98 Å². The molecule has 5 N–H and O–H groups in total. The number of hydrogen-bond donors (Lipinski definition) is 5. The fraction of sp³-hybridized carbons (Fsp3) is 0.0323. The Morgan fingerprint density at radius 1 is 0.717 bits per heavy atom. The molecule has 1 aliphatic rings. The standard InChI is InChI=1S/C31H21N3O10S2/c1-15(35)32-21-13-22(24(46(42,43)44)14-23(21)45(39,40)41)33-20-12-11-19-26-25(17-9-5-6-10-18(17)30(37)27(20)26)28(31(38)34-19)29(36)16-7-3-2-4-8-16/h2-14,33H,1H3,(H,32,35)(H,34,38)(H,39,40,41)(H,42,43,44). The maximum absolute atomic E-state index is 14.1. The SMILES string of the molecule is CC(=O)Nc1cc(Nc2ccc3[nH]c(=O)c(C(=O)c4ccccc4)c4c3c2C(=O)c2ccccc2-4)c(S(=O)(=O)O)cc1S(=O)(=O)O. The molecule has 1 heterocycles. The quantitative estimate of drug-likeness (QED) is 0.121. The van der Waals surface area contributed by atoms with E-state index in [1.807, 2.05) is 0 Å². The van der Waals surface area contributed by atoms with Gasteiger partial charge < -0.3 is 15.6 Å². The first-order valence-electron chi connectivity index (χ1n) is 13.3. The van der Waals surface area contributed by atoms with Gasteiger partial charge in [-0.2, -0.15) is 16.8 Å². The highest BCUT2D eigenvalue weighted by atomic mass is 32.2. The van der Waals surface area contributed by atoms with Gasteiger partial charge in [-0.3, -0.25) is 28.3 Å². The molecule has 6 rings (SSSR count). The second kappa shape index (κ2) is 10.8. The van der Waals surface area contributed by atoms with Crippen molar-refractivity contribution in [2.75, 3.05) is 10.6 Å². The highest BCUT2D eigenvalue weighted by Gasteiger charge is 2.34. The average molecular weight is 660 g/mol. The molecule has 0 aliphatic heterocycles. The van der Waals surface area contributed by atoms with Gasteiger partial charge in [-0.25, -0.2) is 0 Å². The summed E-state index contributed by atoms with van der Waals surface area (Å²) in [5.41, 5.74) is -1.07. The molecule has 0 saturated heterocycles. The van der Waals surface area contributed by atoms with Crippen molar-refractivity contribution >= 4 is 65.7 Å². The van der Waals surface area contributed by atoms with Crippen molar-refractivity contribution in [1.29, 1.82) is 0 Å². The highest BCUT2D eigenvalue weighted by molar-refractivity contribution is 7.86. The molecule has 46 heavy (non-hydrogen) atoms. The lowest BCUT2D eigenvalue weighted by Gasteiger charge is -2.24. The number of pyridine rings is 1. The molecular formula is C31H21N3O10S2. The minimum Gasteiger partial charge on any atom is -0.354 e. The third kappa shape index (κ3) is 5.16. The summed E-state index contributed by atoms with van der Waals surface area (Å²) in [6.07, 6.45) is 0. The molecule has 0 saturated carbocycles. The van der Waals surface area contributed by atoms with Crippen molar-refractivity contribution < 1.29 is 40.3 Å². The van der Waals surface area contributed by atoms with E-state index in [4.69, 9.17) is 0 Å². The van der Waals surface area contributed by atoms with Gasteiger partial charge in [0.2, 0.25) is 5.91 Å². The van der Waals surface area contributed by atoms with Gasteiger partial charge in [0.15, 0.2) is 11.6 Å². The molecule has 0 unspecified atom stereocenters. The molecule has 15 heteroatoms. The van der Waals surface area contributed by atoms with Crippen LogP contribution in [0.1, 0.15) is 38.8 Å². The second-order valence-electron chi connectivity index (χ2n) is 10.3. The van der Waals surface area contributed by atoms with E-state index in [9.17, 15) is 45.1 Å². The molecule has 1 aromatic heterocycles. The number of fused-ring (bicyclic) bond motifs is 2. The number of amides is 1. The zero-order valence-electron chi connectivity index (χ0n) is 23.5. The lowest BCUT2D eigenvalue weighted by atomic mass is 9.80. The number of carbonyl (C=O) groups excluding carboxylic acids is 3. The molecule has 4 aromatic carbocycles. The Balaban J connectivity index is 1.67. The maximum atomic E-state index is 14.1. The summed E-state index contributed by atoms with van der Waals surface area (Å²) in [4.78, 5) is 53.7. The number of hydrogen-bond acceptors (Lipinski definition) is 9. The Labute approximate surface area is 260 Å². The van der Waals surface area contributed by atoms with Crippen LogP contribution in [-0.2, 0) is 25.0 Å². The zero-order chi connectivity index (χ0) is 33.1. The summed E-state index contributed by atoms with van der Waals surface area (Å²) in [5.74, 6) is -1.94. The lowest BCUT2D eigenvalue weighted by Crippen LogP contribution is -2.24. The lowest BCUT2D eigenvalue weighted by molar-refractivity contribution is -0.114. The van der Waals surface area contributed by atoms with Crippen LogP contribution < -0.4 is 16.2 Å². The molecule has 13 nitrogen and oxygen atoms in total. The van der Waals surface area contributed by atoms with Crippen LogP contribution in [0.5, 0.6) is 0 Å². The van der Waals surface area contributed by atoms with Crippen LogP contribution in [0.3, 0.4) is 0 Å². The van der Waals surface area contributed by atoms with Gasteiger partial charge in [0.25, 0.3) is 25.8 Å². The third-order valence-electron chi connectivity index (χ3n) is 7.33. The van der Waals surface area contributed by atoms with E-state index in [2.05, 4.69) is 15.6 Å². The molecule has 5 aromatic rings. The molecule has 232 valence electrons. The highest BCUT2D eigenvalue weighted by Crippen LogP contribution is 2.44. The summed E-state index contributed by atoms with van der Waals surface area (Å²) in [6.45, 7) is 1.04. The van der Waals surface area contributed by atoms with Gasteiger partial charge in [-0.05, 0) is 29.8 Å². The van der Waals surface area contributed by atoms with E-state index in [0.717, 1.165) is 13.0 Å². The predicted molar refractivity (Wildman–Crippen MR) is 167 cm³/mol. The Morgan fingerprint density at radius 3 is 1.96 bits per heavy atom. The first-order chi connectivity index (χ1) is 21.7. The van der Waals surface area contributed by atoms with E-state index in [-0.39, 0.29) is 44.4 Å². The summed E-state index contributed by atoms with van der Waals surface area (Å²) >= 11 is 0. The van der Waals surface area contributed by atoms with Crippen molar-refractivity contribution in [3.63, 3.8) is 0 Å². The smallest absolute Gasteiger partial charge is 0.296 e. The predicted octanol–water partition coefficient (Wildman–Crippen LogP) is 4.17. The number of anilines is 3. The minimum atomic E-state index is -5.18. The van der Waals surface area contributed by atoms with E-state index in [1.54, 1.807) is 36.4 Å². The molecule has 1 amide bonds. The average Bonchev–Trinajstić information content (AvgIpc) is 2.98. The first-order valence-corrected chi connectivity index (χ1v) is 16.2. The summed E-state index contributed by atoms with van der Waals surface area (Å²) in [7, 11) is -10.3. The van der Waals surface area contributed by atoms with Gasteiger partial charge in [-0.15, -0.1) is 0 Å². The normalized spacial score (nSPS) is 12.5. The Hall–Kier alpha value is -5.48. The van der Waals surface area contributed by atoms with E-state index >= 15 is 0 Å². The van der Waals surface area contributed by atoms with E-state index in [1.165, 1.54) is 30.3 Å². The Kier molecular flexibility index (Phi) is 7.20. The van der Waals surface area contributed by atoms with Gasteiger partial charge >= 0.3 is 0 Å². The number of rotatable bonds is 7. The number of benzene rings is 4. The van der Waals surface area contributed by atoms with Crippen molar-refractivity contribution in [3.8, 4) is 11.1 Å². The summed E-state index contributed by atoms with van der Waals surface area (Å²) < 4.78 is 68.7. The fourth-order valence-electron chi connectivity index (χ4n) is 5.50.